The average Bonchev–Trinajstić information content (AvgIpc) is 2.87. The second-order valence-electron chi connectivity index (χ2n) is 7.85. The standard InChI is InChI=1S/C28H24N2O3/c31-19-26(16-20-6-2-1-3-7-20)30-28(33)23-12-10-21(11-13-23)18-29-27(32)25-15-14-22-8-4-5-9-24(22)17-25/h1-15,17,19,26H,16,18H2,(H,29,32)(H,30,33)/t26-/m0/s1. The maximum absolute atomic E-state index is 12.5. The first-order valence-electron chi connectivity index (χ1n) is 10.8. The number of rotatable bonds is 8. The summed E-state index contributed by atoms with van der Waals surface area (Å²) in [7, 11) is 0. The molecule has 0 unspecified atom stereocenters. The molecular formula is C28H24N2O3. The van der Waals surface area contributed by atoms with E-state index in [9.17, 15) is 14.4 Å². The molecule has 4 rings (SSSR count). The van der Waals surface area contributed by atoms with Crippen molar-refractivity contribution in [2.45, 2.75) is 19.0 Å². The summed E-state index contributed by atoms with van der Waals surface area (Å²) in [6, 6.07) is 29.4. The lowest BCUT2D eigenvalue weighted by Crippen LogP contribution is -2.37. The van der Waals surface area contributed by atoms with Crippen LogP contribution in [-0.4, -0.2) is 24.1 Å². The van der Waals surface area contributed by atoms with Crippen LogP contribution in [0, 0.1) is 0 Å². The molecule has 5 nitrogen and oxygen atoms in total. The van der Waals surface area contributed by atoms with Gasteiger partial charge in [-0.25, -0.2) is 0 Å². The second-order valence-corrected chi connectivity index (χ2v) is 7.85. The van der Waals surface area contributed by atoms with E-state index in [2.05, 4.69) is 10.6 Å². The molecule has 0 spiro atoms. The molecule has 0 saturated heterocycles. The Labute approximate surface area is 192 Å². The van der Waals surface area contributed by atoms with Gasteiger partial charge in [-0.1, -0.05) is 72.8 Å². The quantitative estimate of drug-likeness (QED) is 0.404. The van der Waals surface area contributed by atoms with Crippen LogP contribution >= 0.6 is 0 Å². The summed E-state index contributed by atoms with van der Waals surface area (Å²) in [4.78, 5) is 36.5. The molecule has 0 aliphatic carbocycles. The summed E-state index contributed by atoms with van der Waals surface area (Å²) in [5.74, 6) is -0.466. The minimum atomic E-state index is -0.596. The van der Waals surface area contributed by atoms with E-state index >= 15 is 0 Å². The van der Waals surface area contributed by atoms with Crippen molar-refractivity contribution < 1.29 is 14.4 Å². The maximum Gasteiger partial charge on any atom is 0.251 e. The van der Waals surface area contributed by atoms with E-state index < -0.39 is 6.04 Å². The zero-order chi connectivity index (χ0) is 23.0. The number of carbonyl (C=O) groups is 3. The summed E-state index contributed by atoms with van der Waals surface area (Å²) in [5, 5.41) is 7.77. The molecule has 2 amide bonds. The van der Waals surface area contributed by atoms with Crippen LogP contribution in [0.15, 0.2) is 97.1 Å². The highest BCUT2D eigenvalue weighted by Gasteiger charge is 2.14. The molecule has 0 saturated carbocycles. The first-order chi connectivity index (χ1) is 16.1. The van der Waals surface area contributed by atoms with Crippen molar-refractivity contribution in [2.75, 3.05) is 0 Å². The fourth-order valence-corrected chi connectivity index (χ4v) is 3.64. The van der Waals surface area contributed by atoms with Crippen LogP contribution in [0.3, 0.4) is 0 Å². The lowest BCUT2D eigenvalue weighted by molar-refractivity contribution is -0.109. The Bertz CT molecular complexity index is 1270. The fraction of sp³-hybridized carbons (Fsp3) is 0.107. The van der Waals surface area contributed by atoms with Crippen molar-refractivity contribution in [2.24, 2.45) is 0 Å². The van der Waals surface area contributed by atoms with Gasteiger partial charge in [-0.05, 0) is 52.6 Å². The number of hydrogen-bond acceptors (Lipinski definition) is 3. The van der Waals surface area contributed by atoms with Crippen LogP contribution in [-0.2, 0) is 17.8 Å². The molecule has 4 aromatic carbocycles. The Hall–Kier alpha value is -4.25. The van der Waals surface area contributed by atoms with E-state index in [1.165, 1.54) is 0 Å². The molecule has 0 bridgehead atoms. The predicted molar refractivity (Wildman–Crippen MR) is 129 cm³/mol. The Morgan fingerprint density at radius 3 is 2.09 bits per heavy atom. The molecule has 0 heterocycles. The topological polar surface area (TPSA) is 75.3 Å². The van der Waals surface area contributed by atoms with Gasteiger partial charge >= 0.3 is 0 Å². The zero-order valence-electron chi connectivity index (χ0n) is 18.0. The van der Waals surface area contributed by atoms with Gasteiger partial charge in [-0.15, -0.1) is 0 Å². The normalized spacial score (nSPS) is 11.5. The highest BCUT2D eigenvalue weighted by molar-refractivity contribution is 5.98. The van der Waals surface area contributed by atoms with Gasteiger partial charge in [-0.3, -0.25) is 9.59 Å². The summed E-state index contributed by atoms with van der Waals surface area (Å²) < 4.78 is 0. The van der Waals surface area contributed by atoms with Gasteiger partial charge < -0.3 is 15.4 Å². The Balaban J connectivity index is 1.32. The van der Waals surface area contributed by atoms with Gasteiger partial charge in [0.1, 0.15) is 6.29 Å². The zero-order valence-corrected chi connectivity index (χ0v) is 18.0. The minimum Gasteiger partial charge on any atom is -0.348 e. The van der Waals surface area contributed by atoms with Crippen molar-refractivity contribution >= 4 is 28.9 Å². The molecule has 0 fully saturated rings. The summed E-state index contributed by atoms with van der Waals surface area (Å²) in [6.45, 7) is 0.346. The molecule has 164 valence electrons. The molecule has 0 aliphatic rings. The van der Waals surface area contributed by atoms with E-state index in [0.29, 0.717) is 24.1 Å². The van der Waals surface area contributed by atoms with Crippen LogP contribution in [0.1, 0.15) is 31.8 Å². The highest BCUT2D eigenvalue weighted by Crippen LogP contribution is 2.16. The number of amides is 2. The molecule has 0 aliphatic heterocycles. The number of hydrogen-bond donors (Lipinski definition) is 2. The first kappa shape index (κ1) is 22.0. The van der Waals surface area contributed by atoms with Gasteiger partial charge in [-0.2, -0.15) is 0 Å². The first-order valence-corrected chi connectivity index (χ1v) is 10.8. The van der Waals surface area contributed by atoms with Crippen LogP contribution in [0.2, 0.25) is 0 Å². The summed E-state index contributed by atoms with van der Waals surface area (Å²) in [5.41, 5.74) is 2.91. The number of carbonyl (C=O) groups excluding carboxylic acids is 3. The molecule has 0 radical (unpaired) electrons. The minimum absolute atomic E-state index is 0.155. The van der Waals surface area contributed by atoms with Crippen molar-refractivity contribution in [1.29, 1.82) is 0 Å². The molecule has 33 heavy (non-hydrogen) atoms. The van der Waals surface area contributed by atoms with Gasteiger partial charge in [0.15, 0.2) is 0 Å². The summed E-state index contributed by atoms with van der Waals surface area (Å²) in [6.07, 6.45) is 1.19. The van der Waals surface area contributed by atoms with Crippen molar-refractivity contribution in [3.8, 4) is 0 Å². The molecular weight excluding hydrogens is 412 g/mol. The largest absolute Gasteiger partial charge is 0.348 e. The number of benzene rings is 4. The second kappa shape index (κ2) is 10.4. The van der Waals surface area contributed by atoms with E-state index in [4.69, 9.17) is 0 Å². The Morgan fingerprint density at radius 1 is 0.697 bits per heavy atom. The smallest absolute Gasteiger partial charge is 0.251 e. The number of nitrogens with one attached hydrogen (secondary N) is 2. The predicted octanol–water partition coefficient (Wildman–Crippen LogP) is 4.31. The van der Waals surface area contributed by atoms with Gasteiger partial charge in [0, 0.05) is 17.7 Å². The van der Waals surface area contributed by atoms with Gasteiger partial charge in [0.2, 0.25) is 0 Å². The van der Waals surface area contributed by atoms with E-state index in [1.54, 1.807) is 24.3 Å². The van der Waals surface area contributed by atoms with Crippen molar-refractivity contribution in [1.82, 2.24) is 10.6 Å². The van der Waals surface area contributed by atoms with Crippen LogP contribution < -0.4 is 10.6 Å². The van der Waals surface area contributed by atoms with Crippen LogP contribution in [0.25, 0.3) is 10.8 Å². The average molecular weight is 437 g/mol. The molecule has 1 atom stereocenters. The van der Waals surface area contributed by atoms with Crippen molar-refractivity contribution in [3.63, 3.8) is 0 Å². The summed E-state index contributed by atoms with van der Waals surface area (Å²) >= 11 is 0. The Kier molecular flexibility index (Phi) is 6.90. The monoisotopic (exact) mass is 436 g/mol. The fourth-order valence-electron chi connectivity index (χ4n) is 3.64. The molecule has 4 aromatic rings. The maximum atomic E-state index is 12.5. The third-order valence-electron chi connectivity index (χ3n) is 5.46. The van der Waals surface area contributed by atoms with Crippen molar-refractivity contribution in [3.05, 3.63) is 119 Å². The molecule has 5 heteroatoms. The van der Waals surface area contributed by atoms with Gasteiger partial charge in [0.05, 0.1) is 6.04 Å². The van der Waals surface area contributed by atoms with Crippen LogP contribution in [0.5, 0.6) is 0 Å². The SMILES string of the molecule is O=C[C@H](Cc1ccccc1)NC(=O)c1ccc(CNC(=O)c2ccc3ccccc3c2)cc1. The highest BCUT2D eigenvalue weighted by atomic mass is 16.2. The van der Waals surface area contributed by atoms with E-state index in [1.807, 2.05) is 72.8 Å². The lowest BCUT2D eigenvalue weighted by Gasteiger charge is -2.13. The van der Waals surface area contributed by atoms with Gasteiger partial charge in [0.25, 0.3) is 11.8 Å². The Morgan fingerprint density at radius 2 is 1.36 bits per heavy atom. The van der Waals surface area contributed by atoms with E-state index in [-0.39, 0.29) is 11.8 Å². The third-order valence-corrected chi connectivity index (χ3v) is 5.46. The van der Waals surface area contributed by atoms with E-state index in [0.717, 1.165) is 28.2 Å². The third kappa shape index (κ3) is 5.71. The van der Waals surface area contributed by atoms with Crippen LogP contribution in [0.4, 0.5) is 0 Å². The molecule has 0 aromatic heterocycles. The number of fused-ring (bicyclic) bond motifs is 1. The molecule has 2 N–H and O–H groups in total. The lowest BCUT2D eigenvalue weighted by atomic mass is 10.1. The number of aldehydes is 1.